The third kappa shape index (κ3) is 5.21. The zero-order chi connectivity index (χ0) is 24.5. The first-order chi connectivity index (χ1) is 16.2. The van der Waals surface area contributed by atoms with Crippen LogP contribution in [0.25, 0.3) is 0 Å². The summed E-state index contributed by atoms with van der Waals surface area (Å²) in [6.45, 7) is 0.395. The largest absolute Gasteiger partial charge is 0.489 e. The quantitative estimate of drug-likeness (QED) is 0.569. The van der Waals surface area contributed by atoms with E-state index in [-0.39, 0.29) is 22.5 Å². The van der Waals surface area contributed by atoms with Crippen LogP contribution in [0, 0.1) is 17.6 Å². The molecule has 0 bridgehead atoms. The molecule has 2 aromatic rings. The van der Waals surface area contributed by atoms with E-state index in [2.05, 4.69) is 10.2 Å². The lowest BCUT2D eigenvalue weighted by atomic mass is 9.70. The van der Waals surface area contributed by atoms with E-state index in [1.807, 2.05) is 20.2 Å². The van der Waals surface area contributed by atoms with Crippen LogP contribution in [0.3, 0.4) is 0 Å². The van der Waals surface area contributed by atoms with Crippen molar-refractivity contribution in [2.45, 2.75) is 56.2 Å². The number of nitrogens with one attached hydrogen (secondary N) is 1. The average molecular weight is 493 g/mol. The van der Waals surface area contributed by atoms with E-state index in [1.54, 1.807) is 18.2 Å². The second-order valence-electron chi connectivity index (χ2n) is 9.74. The van der Waals surface area contributed by atoms with E-state index in [4.69, 9.17) is 21.4 Å². The Morgan fingerprint density at radius 1 is 1.24 bits per heavy atom. The van der Waals surface area contributed by atoms with E-state index in [0.717, 1.165) is 31.2 Å². The van der Waals surface area contributed by atoms with Gasteiger partial charge in [0.1, 0.15) is 29.5 Å². The van der Waals surface area contributed by atoms with Crippen LogP contribution in [-0.2, 0) is 16.8 Å². The summed E-state index contributed by atoms with van der Waals surface area (Å²) in [4.78, 5) is 13.3. The summed E-state index contributed by atoms with van der Waals surface area (Å²) < 4.78 is 34.4. The van der Waals surface area contributed by atoms with Crippen LogP contribution in [0.15, 0.2) is 36.4 Å². The lowest BCUT2D eigenvalue weighted by molar-refractivity contribution is -0.139. The van der Waals surface area contributed by atoms with Crippen LogP contribution in [0.4, 0.5) is 8.78 Å². The Morgan fingerprint density at radius 2 is 1.97 bits per heavy atom. The van der Waals surface area contributed by atoms with Gasteiger partial charge in [0.25, 0.3) is 0 Å². The molecule has 2 atom stereocenters. The standard InChI is InChI=1S/C26H31ClF2N2O3/c1-31(2)26(18-4-3-5-19(28)12-18)8-6-16(7-9-26)10-17-11-20(13-22(29)24(17)27)34-21-14-23(25(32)33)30-15-21/h3-5,11-13,16,21,23,30H,6-10,14-15H2,1-2H3,(H,32,33)/t16?,21-,23-,26?/m0/s1. The monoisotopic (exact) mass is 492 g/mol. The maximum atomic E-state index is 14.6. The van der Waals surface area contributed by atoms with Crippen LogP contribution in [0.1, 0.15) is 43.2 Å². The fourth-order valence-electron chi connectivity index (χ4n) is 5.45. The second-order valence-corrected chi connectivity index (χ2v) is 10.1. The Bertz CT molecular complexity index is 1040. The first kappa shape index (κ1) is 24.9. The number of carboxylic acids is 1. The van der Waals surface area contributed by atoms with Crippen molar-refractivity contribution >= 4 is 17.6 Å². The molecule has 0 amide bonds. The first-order valence-corrected chi connectivity index (χ1v) is 12.1. The van der Waals surface area contributed by atoms with Gasteiger partial charge in [-0.3, -0.25) is 9.69 Å². The summed E-state index contributed by atoms with van der Waals surface area (Å²) >= 11 is 6.32. The molecular formula is C26H31ClF2N2O3. The number of aliphatic carboxylic acids is 1. The first-order valence-electron chi connectivity index (χ1n) is 11.7. The van der Waals surface area contributed by atoms with Crippen molar-refractivity contribution in [3.05, 3.63) is 64.2 Å². The molecule has 0 spiro atoms. The molecule has 2 aromatic carbocycles. The van der Waals surface area contributed by atoms with Crippen molar-refractivity contribution in [3.8, 4) is 5.75 Å². The van der Waals surface area contributed by atoms with Gasteiger partial charge in [-0.25, -0.2) is 8.78 Å². The highest BCUT2D eigenvalue weighted by Gasteiger charge is 2.39. The predicted molar refractivity (Wildman–Crippen MR) is 127 cm³/mol. The van der Waals surface area contributed by atoms with Crippen LogP contribution in [0.5, 0.6) is 5.75 Å². The summed E-state index contributed by atoms with van der Waals surface area (Å²) in [6, 6.07) is 9.23. The minimum atomic E-state index is -0.918. The number of carboxylic acid groups (broad SMARTS) is 1. The van der Waals surface area contributed by atoms with E-state index in [1.165, 1.54) is 12.1 Å². The molecule has 184 valence electrons. The van der Waals surface area contributed by atoms with E-state index >= 15 is 0 Å². The molecule has 0 radical (unpaired) electrons. The Hall–Kier alpha value is -2.22. The number of ether oxygens (including phenoxy) is 1. The molecule has 8 heteroatoms. The highest BCUT2D eigenvalue weighted by molar-refractivity contribution is 6.31. The van der Waals surface area contributed by atoms with Crippen molar-refractivity contribution in [3.63, 3.8) is 0 Å². The molecule has 1 heterocycles. The van der Waals surface area contributed by atoms with Gasteiger partial charge in [-0.1, -0.05) is 23.7 Å². The van der Waals surface area contributed by atoms with Gasteiger partial charge in [-0.2, -0.15) is 0 Å². The fourth-order valence-corrected chi connectivity index (χ4v) is 5.64. The fraction of sp³-hybridized carbons (Fsp3) is 0.500. The van der Waals surface area contributed by atoms with E-state index < -0.39 is 17.8 Å². The topological polar surface area (TPSA) is 61.8 Å². The summed E-state index contributed by atoms with van der Waals surface area (Å²) in [5, 5.41) is 12.1. The molecule has 1 saturated carbocycles. The predicted octanol–water partition coefficient (Wildman–Crippen LogP) is 5.00. The van der Waals surface area contributed by atoms with Gasteiger partial charge in [-0.05, 0) is 81.4 Å². The third-order valence-corrected chi connectivity index (χ3v) is 7.85. The number of hydrogen-bond acceptors (Lipinski definition) is 4. The summed E-state index contributed by atoms with van der Waals surface area (Å²) in [5.41, 5.74) is 1.46. The van der Waals surface area contributed by atoms with Crippen molar-refractivity contribution < 1.29 is 23.4 Å². The number of halogens is 3. The molecular weight excluding hydrogens is 462 g/mol. The average Bonchev–Trinajstić information content (AvgIpc) is 3.26. The van der Waals surface area contributed by atoms with Crippen LogP contribution >= 0.6 is 11.6 Å². The molecule has 0 aromatic heterocycles. The van der Waals surface area contributed by atoms with Crippen molar-refractivity contribution in [1.29, 1.82) is 0 Å². The Morgan fingerprint density at radius 3 is 2.59 bits per heavy atom. The molecule has 34 heavy (non-hydrogen) atoms. The summed E-state index contributed by atoms with van der Waals surface area (Å²) in [6.07, 6.45) is 4.17. The van der Waals surface area contributed by atoms with Gasteiger partial charge in [-0.15, -0.1) is 0 Å². The minimum absolute atomic E-state index is 0.106. The van der Waals surface area contributed by atoms with Gasteiger partial charge in [0.05, 0.1) is 5.02 Å². The highest BCUT2D eigenvalue weighted by Crippen LogP contribution is 2.44. The molecule has 2 fully saturated rings. The molecule has 5 nitrogen and oxygen atoms in total. The maximum Gasteiger partial charge on any atom is 0.320 e. The maximum absolute atomic E-state index is 14.6. The number of hydrogen-bond donors (Lipinski definition) is 2. The van der Waals surface area contributed by atoms with Crippen molar-refractivity contribution in [2.75, 3.05) is 20.6 Å². The Balaban J connectivity index is 1.45. The zero-order valence-electron chi connectivity index (χ0n) is 19.5. The van der Waals surface area contributed by atoms with Crippen LogP contribution < -0.4 is 10.1 Å². The van der Waals surface area contributed by atoms with E-state index in [9.17, 15) is 13.6 Å². The minimum Gasteiger partial charge on any atom is -0.489 e. The second kappa shape index (κ2) is 10.2. The number of benzene rings is 2. The SMILES string of the molecule is CN(C)C1(c2cccc(F)c2)CCC(Cc2cc(O[C@@H]3CN[C@H](C(=O)O)C3)cc(F)c2Cl)CC1. The molecule has 0 unspecified atom stereocenters. The molecule has 4 rings (SSSR count). The molecule has 2 aliphatic rings. The van der Waals surface area contributed by atoms with E-state index in [0.29, 0.717) is 36.6 Å². The van der Waals surface area contributed by atoms with Gasteiger partial charge in [0, 0.05) is 24.6 Å². The lowest BCUT2D eigenvalue weighted by Crippen LogP contribution is -2.44. The number of nitrogens with zero attached hydrogens (tertiary/aromatic N) is 1. The summed E-state index contributed by atoms with van der Waals surface area (Å²) in [7, 11) is 4.07. The normalized spacial score (nSPS) is 27.2. The van der Waals surface area contributed by atoms with Crippen molar-refractivity contribution in [1.82, 2.24) is 10.2 Å². The number of carbonyl (C=O) groups is 1. The smallest absolute Gasteiger partial charge is 0.320 e. The van der Waals surface area contributed by atoms with Crippen LogP contribution in [-0.4, -0.2) is 48.8 Å². The molecule has 1 saturated heterocycles. The zero-order valence-corrected chi connectivity index (χ0v) is 20.2. The molecule has 1 aliphatic carbocycles. The highest BCUT2D eigenvalue weighted by atomic mass is 35.5. The van der Waals surface area contributed by atoms with Crippen molar-refractivity contribution in [2.24, 2.45) is 5.92 Å². The van der Waals surface area contributed by atoms with Gasteiger partial charge in [0.15, 0.2) is 0 Å². The number of rotatable bonds is 7. The summed E-state index contributed by atoms with van der Waals surface area (Å²) in [5.74, 6) is -0.996. The Labute approximate surface area is 204 Å². The van der Waals surface area contributed by atoms with Crippen LogP contribution in [0.2, 0.25) is 5.02 Å². The molecule has 2 N–H and O–H groups in total. The van der Waals surface area contributed by atoms with Gasteiger partial charge < -0.3 is 15.2 Å². The third-order valence-electron chi connectivity index (χ3n) is 7.43. The Kier molecular flexibility index (Phi) is 7.45. The van der Waals surface area contributed by atoms with Gasteiger partial charge in [0.2, 0.25) is 0 Å². The molecule has 1 aliphatic heterocycles. The van der Waals surface area contributed by atoms with Gasteiger partial charge >= 0.3 is 5.97 Å². The lowest BCUT2D eigenvalue weighted by Gasteiger charge is -2.45.